The molecule has 41 heavy (non-hydrogen) atoms. The summed E-state index contributed by atoms with van der Waals surface area (Å²) in [7, 11) is 0. The van der Waals surface area contributed by atoms with Crippen molar-refractivity contribution in [1.29, 1.82) is 0 Å². The molecule has 0 unspecified atom stereocenters. The Morgan fingerprint density at radius 3 is 2.37 bits per heavy atom. The molecule has 0 aromatic heterocycles. The normalized spacial score (nSPS) is 21.5. The average molecular weight is 680 g/mol. The number of hydrogen-bond acceptors (Lipinski definition) is 6. The van der Waals surface area contributed by atoms with Crippen LogP contribution in [0.3, 0.4) is 0 Å². The minimum absolute atomic E-state index is 0.0261. The standard InChI is InChI=1S/C31H28Br2N4O4/c32-24-9-4-20(5-10-24)18-22-2-1-3-26-29(22)34-36(30(26)21-6-11-25(33)12-7-21)31(38)23-8-13-27(28(19-23)37(39)40)35-14-16-41-17-15-35/h4-13,18-19,26,30H,1-3,14-17H2/b22-18+/t26-,30-/m0/s1. The van der Waals surface area contributed by atoms with E-state index < -0.39 is 4.92 Å². The van der Waals surface area contributed by atoms with E-state index in [1.807, 2.05) is 41.3 Å². The Morgan fingerprint density at radius 1 is 1.00 bits per heavy atom. The van der Waals surface area contributed by atoms with Crippen LogP contribution in [-0.2, 0) is 4.74 Å². The second-order valence-corrected chi connectivity index (χ2v) is 12.2. The Balaban J connectivity index is 1.40. The second kappa shape index (κ2) is 11.9. The Hall–Kier alpha value is -3.34. The summed E-state index contributed by atoms with van der Waals surface area (Å²) in [5, 5.41) is 18.6. The van der Waals surface area contributed by atoms with E-state index >= 15 is 0 Å². The van der Waals surface area contributed by atoms with Crippen LogP contribution in [0.25, 0.3) is 6.08 Å². The first kappa shape index (κ1) is 27.8. The smallest absolute Gasteiger partial charge is 0.293 e. The van der Waals surface area contributed by atoms with Crippen molar-refractivity contribution in [3.8, 4) is 0 Å². The van der Waals surface area contributed by atoms with Crippen molar-refractivity contribution in [3.63, 3.8) is 0 Å². The highest BCUT2D eigenvalue weighted by atomic mass is 79.9. The van der Waals surface area contributed by atoms with E-state index in [1.54, 1.807) is 17.1 Å². The highest BCUT2D eigenvalue weighted by Gasteiger charge is 2.44. The molecular weight excluding hydrogens is 652 g/mol. The van der Waals surface area contributed by atoms with Crippen LogP contribution >= 0.6 is 31.9 Å². The van der Waals surface area contributed by atoms with Crippen LogP contribution < -0.4 is 4.90 Å². The summed E-state index contributed by atoms with van der Waals surface area (Å²) >= 11 is 7.02. The molecule has 8 nitrogen and oxygen atoms in total. The number of benzene rings is 3. The van der Waals surface area contributed by atoms with Crippen LogP contribution in [0, 0.1) is 16.0 Å². The molecule has 210 valence electrons. The van der Waals surface area contributed by atoms with Crippen LogP contribution in [-0.4, -0.2) is 47.9 Å². The van der Waals surface area contributed by atoms with Gasteiger partial charge in [0.05, 0.1) is 29.9 Å². The van der Waals surface area contributed by atoms with Crippen molar-refractivity contribution in [2.45, 2.75) is 25.3 Å². The highest BCUT2D eigenvalue weighted by Crippen LogP contribution is 2.45. The molecule has 0 bridgehead atoms. The van der Waals surface area contributed by atoms with E-state index in [0.717, 1.165) is 50.6 Å². The zero-order chi connectivity index (χ0) is 28.5. The van der Waals surface area contributed by atoms with Gasteiger partial charge in [-0.1, -0.05) is 56.1 Å². The number of anilines is 1. The molecule has 3 aliphatic rings. The quantitative estimate of drug-likeness (QED) is 0.207. The Kier molecular flexibility index (Phi) is 8.05. The summed E-state index contributed by atoms with van der Waals surface area (Å²) in [5.41, 5.74) is 4.76. The van der Waals surface area contributed by atoms with Gasteiger partial charge >= 0.3 is 0 Å². The van der Waals surface area contributed by atoms with E-state index in [-0.39, 0.29) is 29.1 Å². The summed E-state index contributed by atoms with van der Waals surface area (Å²) in [5.74, 6) is -0.322. The SMILES string of the molecule is O=C(c1ccc(N2CCOCC2)c([N+](=O)[O-])c1)N1N=C2/C(=C/c3ccc(Br)cc3)CCC[C@@H]2[C@@H]1c1ccc(Br)cc1. The number of allylic oxidation sites excluding steroid dienone is 1. The molecule has 2 fully saturated rings. The first-order valence-electron chi connectivity index (χ1n) is 13.6. The third-order valence-electron chi connectivity index (χ3n) is 7.90. The molecule has 6 rings (SSSR count). The largest absolute Gasteiger partial charge is 0.378 e. The molecule has 2 aliphatic heterocycles. The number of carbonyl (C=O) groups is 1. The predicted molar refractivity (Wildman–Crippen MR) is 166 cm³/mol. The molecule has 1 amide bonds. The Labute approximate surface area is 255 Å². The van der Waals surface area contributed by atoms with Gasteiger partial charge < -0.3 is 9.64 Å². The molecule has 3 aromatic rings. The van der Waals surface area contributed by atoms with Crippen LogP contribution in [0.4, 0.5) is 11.4 Å². The summed E-state index contributed by atoms with van der Waals surface area (Å²) in [4.78, 5) is 27.8. The number of nitro groups is 1. The lowest BCUT2D eigenvalue weighted by Gasteiger charge is -2.30. The number of rotatable bonds is 5. The van der Waals surface area contributed by atoms with E-state index in [1.165, 1.54) is 6.07 Å². The molecule has 1 saturated carbocycles. The third-order valence-corrected chi connectivity index (χ3v) is 8.96. The molecular formula is C31H28Br2N4O4. The van der Waals surface area contributed by atoms with Gasteiger partial charge in [-0.15, -0.1) is 0 Å². The third kappa shape index (κ3) is 5.73. The van der Waals surface area contributed by atoms with Crippen LogP contribution in [0.1, 0.15) is 46.8 Å². The molecule has 2 heterocycles. The molecule has 2 atom stereocenters. The van der Waals surface area contributed by atoms with Gasteiger partial charge in [0.2, 0.25) is 0 Å². The number of hydrogen-bond donors (Lipinski definition) is 0. The lowest BCUT2D eigenvalue weighted by molar-refractivity contribution is -0.384. The fraction of sp³-hybridized carbons (Fsp3) is 0.290. The van der Waals surface area contributed by atoms with Crippen molar-refractivity contribution in [1.82, 2.24) is 5.01 Å². The molecule has 10 heteroatoms. The van der Waals surface area contributed by atoms with Gasteiger partial charge in [-0.25, -0.2) is 5.01 Å². The summed E-state index contributed by atoms with van der Waals surface area (Å²) in [6.45, 7) is 2.15. The number of fused-ring (bicyclic) bond motifs is 1. The number of halogens is 2. The van der Waals surface area contributed by atoms with Crippen molar-refractivity contribution in [3.05, 3.63) is 108 Å². The Bertz CT molecular complexity index is 1530. The number of nitrogens with zero attached hydrogens (tertiary/aromatic N) is 4. The maximum Gasteiger partial charge on any atom is 0.293 e. The van der Waals surface area contributed by atoms with Gasteiger partial charge in [0.15, 0.2) is 0 Å². The van der Waals surface area contributed by atoms with Crippen LogP contribution in [0.5, 0.6) is 0 Å². The monoisotopic (exact) mass is 678 g/mol. The number of carbonyl (C=O) groups excluding carboxylic acids is 1. The average Bonchev–Trinajstić information content (AvgIpc) is 3.39. The maximum absolute atomic E-state index is 14.1. The summed E-state index contributed by atoms with van der Waals surface area (Å²) in [6.07, 6.45) is 4.92. The fourth-order valence-corrected chi connectivity index (χ4v) is 6.46. The van der Waals surface area contributed by atoms with Gasteiger partial charge in [-0.2, -0.15) is 5.10 Å². The van der Waals surface area contributed by atoms with E-state index in [2.05, 4.69) is 50.1 Å². The number of ether oxygens (including phenoxy) is 1. The topological polar surface area (TPSA) is 88.3 Å². The summed E-state index contributed by atoms with van der Waals surface area (Å²) < 4.78 is 7.38. The lowest BCUT2D eigenvalue weighted by atomic mass is 9.77. The molecule has 0 N–H and O–H groups in total. The number of morpholine rings is 1. The number of hydrazone groups is 1. The van der Waals surface area contributed by atoms with Crippen molar-refractivity contribution in [2.75, 3.05) is 31.2 Å². The lowest BCUT2D eigenvalue weighted by Crippen LogP contribution is -2.36. The van der Waals surface area contributed by atoms with Crippen molar-refractivity contribution < 1.29 is 14.5 Å². The zero-order valence-corrected chi connectivity index (χ0v) is 25.4. The molecule has 0 radical (unpaired) electrons. The zero-order valence-electron chi connectivity index (χ0n) is 22.2. The number of nitro benzene ring substituents is 1. The number of amides is 1. The van der Waals surface area contributed by atoms with Gasteiger partial charge in [0, 0.05) is 39.6 Å². The molecule has 1 aliphatic carbocycles. The first-order chi connectivity index (χ1) is 19.9. The van der Waals surface area contributed by atoms with Gasteiger partial charge in [-0.3, -0.25) is 14.9 Å². The van der Waals surface area contributed by atoms with Gasteiger partial charge in [-0.05, 0) is 78.4 Å². The molecule has 0 spiro atoms. The van der Waals surface area contributed by atoms with Crippen LogP contribution in [0.2, 0.25) is 0 Å². The fourth-order valence-electron chi connectivity index (χ4n) is 5.93. The first-order valence-corrected chi connectivity index (χ1v) is 15.2. The van der Waals surface area contributed by atoms with Crippen molar-refractivity contribution in [2.24, 2.45) is 11.0 Å². The van der Waals surface area contributed by atoms with Crippen molar-refractivity contribution >= 4 is 60.9 Å². The predicted octanol–water partition coefficient (Wildman–Crippen LogP) is 7.39. The van der Waals surface area contributed by atoms with E-state index in [4.69, 9.17) is 9.84 Å². The van der Waals surface area contributed by atoms with E-state index in [9.17, 15) is 14.9 Å². The minimum atomic E-state index is -0.414. The summed E-state index contributed by atoms with van der Waals surface area (Å²) in [6, 6.07) is 20.6. The van der Waals surface area contributed by atoms with Crippen LogP contribution in [0.15, 0.2) is 86.3 Å². The van der Waals surface area contributed by atoms with E-state index in [0.29, 0.717) is 32.0 Å². The minimum Gasteiger partial charge on any atom is -0.378 e. The van der Waals surface area contributed by atoms with Gasteiger partial charge in [0.1, 0.15) is 5.69 Å². The molecule has 3 aromatic carbocycles. The molecule has 1 saturated heterocycles. The van der Waals surface area contributed by atoms with Gasteiger partial charge in [0.25, 0.3) is 11.6 Å². The highest BCUT2D eigenvalue weighted by molar-refractivity contribution is 9.10. The Morgan fingerprint density at radius 2 is 1.68 bits per heavy atom. The maximum atomic E-state index is 14.1. The second-order valence-electron chi connectivity index (χ2n) is 10.4.